The first kappa shape index (κ1) is 19.6. The zero-order chi connectivity index (χ0) is 20.4. The Balaban J connectivity index is 1.91. The molecule has 0 aromatic heterocycles. The zero-order valence-corrected chi connectivity index (χ0v) is 17.4. The van der Waals surface area contributed by atoms with Crippen molar-refractivity contribution in [3.05, 3.63) is 99.8 Å². The van der Waals surface area contributed by atoms with Crippen molar-refractivity contribution in [1.82, 2.24) is 4.90 Å². The maximum absolute atomic E-state index is 14.7. The monoisotopic (exact) mass is 454 g/mol. The lowest BCUT2D eigenvalue weighted by Crippen LogP contribution is -2.44. The van der Waals surface area contributed by atoms with Gasteiger partial charge in [0.2, 0.25) is 0 Å². The molecule has 0 fully saturated rings. The third kappa shape index (κ3) is 3.91. The number of benzene rings is 3. The van der Waals surface area contributed by atoms with E-state index in [1.807, 2.05) is 53.4 Å². The number of anilines is 1. The smallest absolute Gasteiger partial charge is 0.319 e. The molecule has 2 atom stereocenters. The van der Waals surface area contributed by atoms with Gasteiger partial charge in [-0.1, -0.05) is 64.5 Å². The van der Waals surface area contributed by atoms with Gasteiger partial charge in [0.15, 0.2) is 0 Å². The average Bonchev–Trinajstić information content (AvgIpc) is 2.74. The first-order chi connectivity index (χ1) is 14.1. The van der Waals surface area contributed by atoms with Gasteiger partial charge in [-0.2, -0.15) is 0 Å². The first-order valence-electron chi connectivity index (χ1n) is 9.26. The summed E-state index contributed by atoms with van der Waals surface area (Å²) in [6, 6.07) is 22.2. The van der Waals surface area contributed by atoms with Gasteiger partial charge < -0.3 is 10.1 Å². The van der Waals surface area contributed by atoms with Gasteiger partial charge >= 0.3 is 5.97 Å². The molecule has 29 heavy (non-hydrogen) atoms. The van der Waals surface area contributed by atoms with Gasteiger partial charge in [-0.3, -0.25) is 9.69 Å². The highest BCUT2D eigenvalue weighted by atomic mass is 79.9. The lowest BCUT2D eigenvalue weighted by Gasteiger charge is -2.44. The minimum absolute atomic E-state index is 0.00795. The Bertz CT molecular complexity index is 1030. The summed E-state index contributed by atoms with van der Waals surface area (Å²) in [5.41, 5.74) is 3.39. The predicted octanol–water partition coefficient (Wildman–Crippen LogP) is 5.28. The number of esters is 1. The highest BCUT2D eigenvalue weighted by Gasteiger charge is 2.38. The van der Waals surface area contributed by atoms with Crippen LogP contribution in [0.2, 0.25) is 0 Å². The average molecular weight is 455 g/mol. The van der Waals surface area contributed by atoms with E-state index in [9.17, 15) is 9.18 Å². The molecule has 4 nitrogen and oxygen atoms in total. The standard InChI is InChI=1S/C23H20BrFN2O2/c1-29-21(28)14-27-22(15-7-3-2-4-8-15)18-13-16(24)11-12-20(18)26-23(27)17-9-5-6-10-19(17)25/h2-13,22-23,26H,14H2,1H3. The largest absolute Gasteiger partial charge is 0.468 e. The summed E-state index contributed by atoms with van der Waals surface area (Å²) in [5, 5.41) is 3.42. The van der Waals surface area contributed by atoms with E-state index in [4.69, 9.17) is 4.74 Å². The molecule has 1 N–H and O–H groups in total. The summed E-state index contributed by atoms with van der Waals surface area (Å²) >= 11 is 3.55. The molecular weight excluding hydrogens is 435 g/mol. The lowest BCUT2D eigenvalue weighted by atomic mass is 9.91. The van der Waals surface area contributed by atoms with E-state index in [1.165, 1.54) is 13.2 Å². The third-order valence-corrected chi connectivity index (χ3v) is 5.61. The molecule has 0 bridgehead atoms. The van der Waals surface area contributed by atoms with Gasteiger partial charge in [-0.15, -0.1) is 0 Å². The van der Waals surface area contributed by atoms with Crippen LogP contribution in [-0.4, -0.2) is 24.5 Å². The van der Waals surface area contributed by atoms with Gasteiger partial charge in [0.1, 0.15) is 12.0 Å². The Hall–Kier alpha value is -2.70. The number of nitrogens with zero attached hydrogens (tertiary/aromatic N) is 1. The van der Waals surface area contributed by atoms with Crippen molar-refractivity contribution in [3.63, 3.8) is 0 Å². The molecule has 0 aliphatic carbocycles. The van der Waals surface area contributed by atoms with Crippen LogP contribution in [0, 0.1) is 5.82 Å². The second-order valence-electron chi connectivity index (χ2n) is 6.86. The second kappa shape index (κ2) is 8.35. The van der Waals surface area contributed by atoms with Crippen molar-refractivity contribution in [2.75, 3.05) is 19.0 Å². The normalized spacial score (nSPS) is 18.6. The lowest BCUT2D eigenvalue weighted by molar-refractivity contribution is -0.143. The fraction of sp³-hybridized carbons (Fsp3) is 0.174. The summed E-state index contributed by atoms with van der Waals surface area (Å²) in [4.78, 5) is 14.2. The number of rotatable bonds is 4. The Morgan fingerprint density at radius 2 is 1.79 bits per heavy atom. The molecule has 6 heteroatoms. The van der Waals surface area contributed by atoms with Crippen LogP contribution in [0.1, 0.15) is 28.9 Å². The van der Waals surface area contributed by atoms with Crippen molar-refractivity contribution in [2.45, 2.75) is 12.2 Å². The molecule has 4 rings (SSSR count). The van der Waals surface area contributed by atoms with Gasteiger partial charge in [-0.25, -0.2) is 4.39 Å². The maximum atomic E-state index is 14.7. The number of hydrogen-bond acceptors (Lipinski definition) is 4. The topological polar surface area (TPSA) is 41.6 Å². The molecule has 0 amide bonds. The van der Waals surface area contributed by atoms with Crippen molar-refractivity contribution in [2.24, 2.45) is 0 Å². The Labute approximate surface area is 177 Å². The van der Waals surface area contributed by atoms with Gasteiger partial charge in [0.25, 0.3) is 0 Å². The zero-order valence-electron chi connectivity index (χ0n) is 15.8. The predicted molar refractivity (Wildman–Crippen MR) is 114 cm³/mol. The number of carbonyl (C=O) groups excluding carboxylic acids is 1. The molecular formula is C23H20BrFN2O2. The number of fused-ring (bicyclic) bond motifs is 1. The highest BCUT2D eigenvalue weighted by Crippen LogP contribution is 2.45. The summed E-state index contributed by atoms with van der Waals surface area (Å²) in [6.45, 7) is 0.00795. The molecule has 148 valence electrons. The number of methoxy groups -OCH3 is 1. The van der Waals surface area contributed by atoms with E-state index in [0.717, 1.165) is 21.3 Å². The van der Waals surface area contributed by atoms with Gasteiger partial charge in [-0.05, 0) is 35.4 Å². The molecule has 3 aromatic carbocycles. The van der Waals surface area contributed by atoms with Gasteiger partial charge in [0.05, 0.1) is 19.7 Å². The van der Waals surface area contributed by atoms with E-state index in [1.54, 1.807) is 18.2 Å². The van der Waals surface area contributed by atoms with Gasteiger partial charge in [0, 0.05) is 15.7 Å². The number of ether oxygens (including phenoxy) is 1. The molecule has 0 saturated carbocycles. The molecule has 1 aliphatic rings. The fourth-order valence-electron chi connectivity index (χ4n) is 3.80. The molecule has 3 aromatic rings. The van der Waals surface area contributed by atoms with Crippen LogP contribution in [0.4, 0.5) is 10.1 Å². The molecule has 0 spiro atoms. The molecule has 1 heterocycles. The van der Waals surface area contributed by atoms with Crippen LogP contribution in [0.3, 0.4) is 0 Å². The Kier molecular flexibility index (Phi) is 5.65. The molecule has 2 unspecified atom stereocenters. The van der Waals surface area contributed by atoms with E-state index >= 15 is 0 Å². The molecule has 0 radical (unpaired) electrons. The maximum Gasteiger partial charge on any atom is 0.319 e. The Morgan fingerprint density at radius 1 is 1.07 bits per heavy atom. The van der Waals surface area contributed by atoms with E-state index in [0.29, 0.717) is 5.56 Å². The van der Waals surface area contributed by atoms with Crippen molar-refractivity contribution in [3.8, 4) is 0 Å². The minimum Gasteiger partial charge on any atom is -0.468 e. The van der Waals surface area contributed by atoms with Crippen molar-refractivity contribution >= 4 is 27.6 Å². The number of hydrogen-bond donors (Lipinski definition) is 1. The molecule has 1 aliphatic heterocycles. The van der Waals surface area contributed by atoms with E-state index in [2.05, 4.69) is 21.2 Å². The van der Waals surface area contributed by atoms with Crippen LogP contribution in [0.25, 0.3) is 0 Å². The summed E-state index contributed by atoms with van der Waals surface area (Å²) in [6.07, 6.45) is -0.533. The van der Waals surface area contributed by atoms with Crippen LogP contribution in [0.15, 0.2) is 77.3 Å². The van der Waals surface area contributed by atoms with Crippen LogP contribution in [0.5, 0.6) is 0 Å². The van der Waals surface area contributed by atoms with Crippen LogP contribution >= 0.6 is 15.9 Å². The van der Waals surface area contributed by atoms with Crippen LogP contribution in [-0.2, 0) is 9.53 Å². The summed E-state index contributed by atoms with van der Waals surface area (Å²) < 4.78 is 20.6. The van der Waals surface area contributed by atoms with Crippen LogP contribution < -0.4 is 5.32 Å². The van der Waals surface area contributed by atoms with E-state index < -0.39 is 6.17 Å². The fourth-order valence-corrected chi connectivity index (χ4v) is 4.18. The molecule has 0 saturated heterocycles. The summed E-state index contributed by atoms with van der Waals surface area (Å²) in [7, 11) is 1.36. The number of carbonyl (C=O) groups is 1. The third-order valence-electron chi connectivity index (χ3n) is 5.12. The SMILES string of the molecule is COC(=O)CN1C(c2ccccc2F)Nc2ccc(Br)cc2C1c1ccccc1. The second-order valence-corrected chi connectivity index (χ2v) is 7.78. The van der Waals surface area contributed by atoms with Crippen molar-refractivity contribution < 1.29 is 13.9 Å². The Morgan fingerprint density at radius 3 is 2.52 bits per heavy atom. The quantitative estimate of drug-likeness (QED) is 0.544. The number of halogens is 2. The van der Waals surface area contributed by atoms with E-state index in [-0.39, 0.29) is 24.4 Å². The number of nitrogens with one attached hydrogen (secondary N) is 1. The van der Waals surface area contributed by atoms with Crippen molar-refractivity contribution in [1.29, 1.82) is 0 Å². The summed E-state index contributed by atoms with van der Waals surface area (Å²) in [5.74, 6) is -0.709. The highest BCUT2D eigenvalue weighted by molar-refractivity contribution is 9.10. The first-order valence-corrected chi connectivity index (χ1v) is 10.1. The minimum atomic E-state index is -0.533.